The molecule has 0 bridgehead atoms. The number of nitrogens with zero attached hydrogens (tertiary/aromatic N) is 1. The van der Waals surface area contributed by atoms with Crippen LogP contribution in [0, 0.1) is 11.8 Å². The van der Waals surface area contributed by atoms with Crippen molar-refractivity contribution in [3.8, 4) is 0 Å². The van der Waals surface area contributed by atoms with E-state index >= 15 is 0 Å². The second kappa shape index (κ2) is 12.4. The van der Waals surface area contributed by atoms with Crippen LogP contribution in [0.3, 0.4) is 0 Å². The maximum Gasteiger partial charge on any atom is 0.407 e. The number of ether oxygens (including phenoxy) is 3. The SMILES string of the molecule is [2H]C1([2H])CO[C@@H]2OC[C@H](OC(=O)N[C@@H](Cc3ccccc3)[C@H](O)CN(C([2H])([2H])C([2H])(C([2H])([2H])[2H])C([2H])([2H])[2H])S(=O)(=O)c3ccc(N)cc3)[C@@H]21. The number of nitrogen functional groups attached to an aromatic ring is 1. The van der Waals surface area contributed by atoms with Crippen LogP contribution in [-0.4, -0.2) is 74.7 Å². The number of amides is 1. The summed E-state index contributed by atoms with van der Waals surface area (Å²) in [5, 5.41) is 14.0. The van der Waals surface area contributed by atoms with Gasteiger partial charge in [0.1, 0.15) is 6.10 Å². The van der Waals surface area contributed by atoms with Gasteiger partial charge in [-0.05, 0) is 48.5 Å². The normalized spacial score (nSPS) is 29.7. The Balaban J connectivity index is 1.73. The molecule has 4 rings (SSSR count). The number of anilines is 1. The van der Waals surface area contributed by atoms with Crippen LogP contribution in [-0.2, 0) is 30.7 Å². The summed E-state index contributed by atoms with van der Waals surface area (Å²) in [6, 6.07) is 10.8. The zero-order valence-electron chi connectivity index (χ0n) is 31.2. The summed E-state index contributed by atoms with van der Waals surface area (Å²) >= 11 is 0. The minimum Gasteiger partial charge on any atom is -0.443 e. The molecule has 0 unspecified atom stereocenters. The van der Waals surface area contributed by atoms with E-state index in [-0.39, 0.29) is 29.6 Å². The van der Waals surface area contributed by atoms with E-state index in [1.54, 1.807) is 30.3 Å². The number of hydrogen-bond donors (Lipinski definition) is 3. The maximum absolute atomic E-state index is 14.0. The number of nitrogens with one attached hydrogen (secondary N) is 1. The third-order valence-corrected chi connectivity index (χ3v) is 7.76. The molecule has 2 saturated heterocycles. The van der Waals surface area contributed by atoms with Gasteiger partial charge in [0.05, 0.1) is 36.2 Å². The zero-order valence-corrected chi connectivity index (χ0v) is 21.1. The summed E-state index contributed by atoms with van der Waals surface area (Å²) < 4.78 is 133. The number of aliphatic hydroxyl groups is 1. The largest absolute Gasteiger partial charge is 0.443 e. The molecule has 38 heavy (non-hydrogen) atoms. The molecular weight excluding hydrogens is 510 g/mol. The number of carbonyl (C=O) groups excluding carboxylic acids is 1. The Morgan fingerprint density at radius 3 is 2.74 bits per heavy atom. The Hall–Kier alpha value is -2.70. The van der Waals surface area contributed by atoms with E-state index in [9.17, 15) is 18.3 Å². The van der Waals surface area contributed by atoms with Gasteiger partial charge in [-0.1, -0.05) is 44.0 Å². The molecule has 2 aliphatic heterocycles. The molecule has 208 valence electrons. The molecule has 2 aromatic rings. The minimum atomic E-state index is -5.24. The molecular formula is C27H37N3O7S. The fourth-order valence-electron chi connectivity index (χ4n) is 4.15. The van der Waals surface area contributed by atoms with E-state index in [0.29, 0.717) is 5.56 Å². The van der Waals surface area contributed by atoms with Crippen molar-refractivity contribution in [2.24, 2.45) is 11.8 Å². The van der Waals surface area contributed by atoms with E-state index in [1.165, 1.54) is 0 Å². The Bertz CT molecular complexity index is 1570. The molecule has 0 spiro atoms. The summed E-state index contributed by atoms with van der Waals surface area (Å²) in [7, 11) is -5.24. The first-order valence-electron chi connectivity index (χ1n) is 17.2. The predicted octanol–water partition coefficient (Wildman–Crippen LogP) is 2.38. The molecule has 5 atom stereocenters. The monoisotopic (exact) mass is 558 g/mol. The van der Waals surface area contributed by atoms with Gasteiger partial charge in [0, 0.05) is 33.8 Å². The van der Waals surface area contributed by atoms with Crippen molar-refractivity contribution in [2.45, 2.75) is 55.9 Å². The summed E-state index contributed by atoms with van der Waals surface area (Å²) in [4.78, 5) is 12.5. The molecule has 0 aromatic heterocycles. The first-order valence-corrected chi connectivity index (χ1v) is 13.2. The molecule has 11 heteroatoms. The summed E-state index contributed by atoms with van der Waals surface area (Å²) in [5.41, 5.74) is 6.27. The third kappa shape index (κ3) is 7.03. The van der Waals surface area contributed by atoms with Crippen LogP contribution in [0.5, 0.6) is 0 Å². The lowest BCUT2D eigenvalue weighted by Crippen LogP contribution is -2.51. The number of sulfonamides is 1. The highest BCUT2D eigenvalue weighted by Gasteiger charge is 2.44. The van der Waals surface area contributed by atoms with Crippen LogP contribution >= 0.6 is 0 Å². The molecule has 0 aliphatic carbocycles. The Morgan fingerprint density at radius 1 is 1.29 bits per heavy atom. The summed E-state index contributed by atoms with van der Waals surface area (Å²) in [6.45, 7) is -13.8. The van der Waals surface area contributed by atoms with Gasteiger partial charge in [-0.25, -0.2) is 13.2 Å². The topological polar surface area (TPSA) is 140 Å². The van der Waals surface area contributed by atoms with Gasteiger partial charge in [-0.15, -0.1) is 0 Å². The molecule has 2 aromatic carbocycles. The van der Waals surface area contributed by atoms with Gasteiger partial charge >= 0.3 is 6.09 Å². The van der Waals surface area contributed by atoms with Gasteiger partial charge in [-0.2, -0.15) is 4.31 Å². The van der Waals surface area contributed by atoms with Crippen LogP contribution in [0.2, 0.25) is 0 Å². The van der Waals surface area contributed by atoms with Crippen LogP contribution in [0.4, 0.5) is 10.5 Å². The first kappa shape index (κ1) is 17.1. The van der Waals surface area contributed by atoms with Crippen molar-refractivity contribution < 1.29 is 47.6 Å². The molecule has 4 N–H and O–H groups in total. The second-order valence-electron chi connectivity index (χ2n) is 8.79. The number of carbonyl (C=O) groups is 1. The van der Waals surface area contributed by atoms with Crippen molar-refractivity contribution in [3.63, 3.8) is 0 Å². The Morgan fingerprint density at radius 2 is 2.03 bits per heavy atom. The lowest BCUT2D eigenvalue weighted by molar-refractivity contribution is -0.0907. The van der Waals surface area contributed by atoms with E-state index < -0.39 is 90.5 Å². The van der Waals surface area contributed by atoms with Gasteiger partial charge in [0.25, 0.3) is 0 Å². The fourth-order valence-corrected chi connectivity index (χ4v) is 5.45. The minimum absolute atomic E-state index is 0.107. The molecule has 1 amide bonds. The van der Waals surface area contributed by atoms with E-state index in [2.05, 4.69) is 5.32 Å². The fraction of sp³-hybridized carbons (Fsp3) is 0.519. The highest BCUT2D eigenvalue weighted by molar-refractivity contribution is 7.89. The van der Waals surface area contributed by atoms with Crippen molar-refractivity contribution in [1.82, 2.24) is 9.62 Å². The average Bonchev–Trinajstić information content (AvgIpc) is 3.54. The Labute approximate surface area is 239 Å². The molecule has 2 aliphatic rings. The molecule has 2 fully saturated rings. The standard InChI is InChI=1S/C27H37N3O7S/c1-18(2)15-30(38(33,34)21-10-8-20(28)9-11-21)16-24(31)23(14-19-6-4-3-5-7-19)29-27(32)37-25-17-36-26-22(25)12-13-35-26/h3-11,18,22-26,31H,12-17,28H2,1-2H3,(H,29,32)/t22-,23-,24+,25-,26+/m0/s1/i1D3,2D3,12D2,15D2,18D. The predicted molar refractivity (Wildman–Crippen MR) is 142 cm³/mol. The van der Waals surface area contributed by atoms with Gasteiger partial charge < -0.3 is 30.4 Å². The third-order valence-electron chi connectivity index (χ3n) is 6.07. The lowest BCUT2D eigenvalue weighted by atomic mass is 10.0. The molecule has 0 saturated carbocycles. The second-order valence-corrected chi connectivity index (χ2v) is 10.6. The van der Waals surface area contributed by atoms with E-state index in [4.69, 9.17) is 35.0 Å². The number of benzene rings is 2. The number of nitrogens with two attached hydrogens (primary N) is 1. The van der Waals surface area contributed by atoms with Gasteiger partial charge in [0.15, 0.2) is 6.29 Å². The lowest BCUT2D eigenvalue weighted by Gasteiger charge is -2.31. The van der Waals surface area contributed by atoms with Crippen molar-refractivity contribution >= 4 is 21.8 Å². The van der Waals surface area contributed by atoms with Crippen molar-refractivity contribution in [1.29, 1.82) is 0 Å². The highest BCUT2D eigenvalue weighted by Crippen LogP contribution is 2.33. The quantitative estimate of drug-likeness (QED) is 0.357. The van der Waals surface area contributed by atoms with Crippen molar-refractivity contribution in [3.05, 3.63) is 60.2 Å². The summed E-state index contributed by atoms with van der Waals surface area (Å²) in [5.74, 6) is -5.07. The molecule has 2 heterocycles. The van der Waals surface area contributed by atoms with Crippen LogP contribution < -0.4 is 11.1 Å². The number of hydrogen-bond acceptors (Lipinski definition) is 8. The average molecular weight is 559 g/mol. The number of fused-ring (bicyclic) bond motifs is 1. The smallest absolute Gasteiger partial charge is 0.407 e. The maximum atomic E-state index is 14.0. The van der Waals surface area contributed by atoms with Crippen LogP contribution in [0.25, 0.3) is 0 Å². The van der Waals surface area contributed by atoms with Crippen LogP contribution in [0.15, 0.2) is 59.5 Å². The van der Waals surface area contributed by atoms with Crippen LogP contribution in [0.1, 0.15) is 40.7 Å². The summed E-state index contributed by atoms with van der Waals surface area (Å²) in [6.07, 6.45) is -7.47. The highest BCUT2D eigenvalue weighted by atomic mass is 32.2. The number of rotatable bonds is 11. The van der Waals surface area contributed by atoms with E-state index in [0.717, 1.165) is 24.3 Å². The number of alkyl carbamates (subject to hydrolysis) is 1. The number of aliphatic hydroxyl groups excluding tert-OH is 1. The van der Waals surface area contributed by atoms with Gasteiger partial charge in [-0.3, -0.25) is 0 Å². The van der Waals surface area contributed by atoms with Gasteiger partial charge in [0.2, 0.25) is 10.0 Å². The van der Waals surface area contributed by atoms with Crippen molar-refractivity contribution in [2.75, 3.05) is 32.0 Å². The Kier molecular flexibility index (Phi) is 5.59. The molecule has 0 radical (unpaired) electrons. The molecule has 10 nitrogen and oxygen atoms in total. The van der Waals surface area contributed by atoms with E-state index in [1.807, 2.05) is 0 Å². The first-order chi connectivity index (χ1) is 22.4. The zero-order chi connectivity index (χ0) is 36.8.